The average molecular weight is 346 g/mol. The van der Waals surface area contributed by atoms with Gasteiger partial charge in [-0.1, -0.05) is 13.8 Å². The number of hydrogen-bond donors (Lipinski definition) is 2. The minimum atomic E-state index is 0.266. The van der Waals surface area contributed by atoms with Crippen molar-refractivity contribution in [1.29, 1.82) is 0 Å². The Bertz CT molecular complexity index is 345. The van der Waals surface area contributed by atoms with Crippen molar-refractivity contribution in [1.82, 2.24) is 10.6 Å². The molecule has 1 unspecified atom stereocenters. The smallest absolute Gasteiger partial charge is 0.191 e. The summed E-state index contributed by atoms with van der Waals surface area (Å²) in [5.74, 6) is 1.41. The van der Waals surface area contributed by atoms with Crippen LogP contribution in [0.4, 0.5) is 0 Å². The Morgan fingerprint density at radius 2 is 2.00 bits per heavy atom. The second-order valence-electron chi connectivity index (χ2n) is 6.38. The maximum Gasteiger partial charge on any atom is 0.191 e. The van der Waals surface area contributed by atoms with E-state index in [1.165, 1.54) is 0 Å². The molecule has 1 aliphatic heterocycles. The molecule has 0 bridgehead atoms. The molecule has 2 N–H and O–H groups in total. The molecule has 0 aromatic rings. The summed E-state index contributed by atoms with van der Waals surface area (Å²) in [7, 11) is 1.83. The van der Waals surface area contributed by atoms with Crippen LogP contribution in [0.1, 0.15) is 40.0 Å². The first-order valence-corrected chi connectivity index (χ1v) is 9.98. The molecule has 0 saturated carbocycles. The number of ether oxygens (including phenoxy) is 2. The second-order valence-corrected chi connectivity index (χ2v) is 7.65. The molecule has 136 valence electrons. The lowest BCUT2D eigenvalue weighted by Gasteiger charge is -2.36. The van der Waals surface area contributed by atoms with E-state index < -0.39 is 0 Å². The Hall–Kier alpha value is -0.460. The van der Waals surface area contributed by atoms with E-state index in [4.69, 9.17) is 9.47 Å². The third kappa shape index (κ3) is 7.31. The van der Waals surface area contributed by atoms with Gasteiger partial charge in [0.05, 0.1) is 6.10 Å². The van der Waals surface area contributed by atoms with Gasteiger partial charge < -0.3 is 20.1 Å². The SMILES string of the molecule is CCOC(CCNC(=NC)NCC1(SC)CCOCC1)C(C)C. The van der Waals surface area contributed by atoms with E-state index in [1.807, 2.05) is 18.8 Å². The monoisotopic (exact) mass is 345 g/mol. The Morgan fingerprint density at radius 3 is 2.52 bits per heavy atom. The van der Waals surface area contributed by atoms with Gasteiger partial charge in [-0.2, -0.15) is 11.8 Å². The summed E-state index contributed by atoms with van der Waals surface area (Å²) in [6, 6.07) is 0. The molecule has 0 aromatic heterocycles. The van der Waals surface area contributed by atoms with Crippen LogP contribution in [-0.4, -0.2) is 63.0 Å². The van der Waals surface area contributed by atoms with Crippen molar-refractivity contribution in [3.8, 4) is 0 Å². The largest absolute Gasteiger partial charge is 0.381 e. The molecule has 0 aromatic carbocycles. The summed E-state index contributed by atoms with van der Waals surface area (Å²) < 4.78 is 11.6. The van der Waals surface area contributed by atoms with E-state index in [1.54, 1.807) is 0 Å². The van der Waals surface area contributed by atoms with E-state index in [0.717, 1.165) is 58.1 Å². The highest BCUT2D eigenvalue weighted by atomic mass is 32.2. The molecule has 0 aliphatic carbocycles. The van der Waals surface area contributed by atoms with E-state index in [9.17, 15) is 0 Å². The van der Waals surface area contributed by atoms with Crippen LogP contribution in [0, 0.1) is 5.92 Å². The number of thioether (sulfide) groups is 1. The van der Waals surface area contributed by atoms with Gasteiger partial charge in [0.15, 0.2) is 5.96 Å². The predicted octanol–water partition coefficient (Wildman–Crippen LogP) is 2.51. The minimum absolute atomic E-state index is 0.266. The van der Waals surface area contributed by atoms with Crippen LogP contribution in [0.25, 0.3) is 0 Å². The highest BCUT2D eigenvalue weighted by molar-refractivity contribution is 8.00. The van der Waals surface area contributed by atoms with Crippen molar-refractivity contribution in [2.75, 3.05) is 46.2 Å². The van der Waals surface area contributed by atoms with Crippen molar-refractivity contribution in [3.63, 3.8) is 0 Å². The number of guanidine groups is 1. The molecule has 1 atom stereocenters. The van der Waals surface area contributed by atoms with Crippen LogP contribution in [0.2, 0.25) is 0 Å². The zero-order valence-corrected chi connectivity index (χ0v) is 16.3. The average Bonchev–Trinajstić information content (AvgIpc) is 2.57. The van der Waals surface area contributed by atoms with Crippen molar-refractivity contribution in [2.45, 2.75) is 50.9 Å². The van der Waals surface area contributed by atoms with Gasteiger partial charge in [0.2, 0.25) is 0 Å². The van der Waals surface area contributed by atoms with Crippen molar-refractivity contribution < 1.29 is 9.47 Å². The summed E-state index contributed by atoms with van der Waals surface area (Å²) in [5.41, 5.74) is 0. The maximum atomic E-state index is 5.79. The van der Waals surface area contributed by atoms with Gasteiger partial charge in [-0.15, -0.1) is 0 Å². The molecule has 6 heteroatoms. The van der Waals surface area contributed by atoms with Gasteiger partial charge in [-0.25, -0.2) is 0 Å². The Kier molecular flexibility index (Phi) is 9.99. The van der Waals surface area contributed by atoms with Crippen LogP contribution in [0.3, 0.4) is 0 Å². The molecule has 1 rings (SSSR count). The Balaban J connectivity index is 2.36. The van der Waals surface area contributed by atoms with Gasteiger partial charge in [-0.3, -0.25) is 4.99 Å². The third-order valence-electron chi connectivity index (χ3n) is 4.48. The molecule has 0 amide bonds. The lowest BCUT2D eigenvalue weighted by molar-refractivity contribution is 0.0258. The molecule has 1 heterocycles. The highest BCUT2D eigenvalue weighted by Gasteiger charge is 2.31. The van der Waals surface area contributed by atoms with Gasteiger partial charge >= 0.3 is 0 Å². The Morgan fingerprint density at radius 1 is 1.30 bits per heavy atom. The van der Waals surface area contributed by atoms with Gasteiger partial charge in [0, 0.05) is 44.7 Å². The van der Waals surface area contributed by atoms with Crippen LogP contribution in [0.5, 0.6) is 0 Å². The predicted molar refractivity (Wildman–Crippen MR) is 101 cm³/mol. The number of hydrogen-bond acceptors (Lipinski definition) is 4. The summed E-state index contributed by atoms with van der Waals surface area (Å²) in [6.45, 7) is 10.8. The fourth-order valence-electron chi connectivity index (χ4n) is 2.82. The molecule has 23 heavy (non-hydrogen) atoms. The lowest BCUT2D eigenvalue weighted by atomic mass is 9.99. The van der Waals surface area contributed by atoms with E-state index >= 15 is 0 Å². The summed E-state index contributed by atoms with van der Waals surface area (Å²) in [5, 5.41) is 6.90. The van der Waals surface area contributed by atoms with Crippen molar-refractivity contribution >= 4 is 17.7 Å². The molecular formula is C17H35N3O2S. The van der Waals surface area contributed by atoms with Crippen molar-refractivity contribution in [2.24, 2.45) is 10.9 Å². The topological polar surface area (TPSA) is 54.9 Å². The molecule has 5 nitrogen and oxygen atoms in total. The van der Waals surface area contributed by atoms with Crippen LogP contribution >= 0.6 is 11.8 Å². The fourth-order valence-corrected chi connectivity index (χ4v) is 3.61. The quantitative estimate of drug-likeness (QED) is 0.497. The molecule has 0 spiro atoms. The zero-order valence-electron chi connectivity index (χ0n) is 15.5. The van der Waals surface area contributed by atoms with E-state index in [-0.39, 0.29) is 4.75 Å². The fraction of sp³-hybridized carbons (Fsp3) is 0.941. The van der Waals surface area contributed by atoms with Crippen LogP contribution in [-0.2, 0) is 9.47 Å². The third-order valence-corrected chi connectivity index (χ3v) is 5.90. The van der Waals surface area contributed by atoms with Gasteiger partial charge in [-0.05, 0) is 38.4 Å². The van der Waals surface area contributed by atoms with E-state index in [2.05, 4.69) is 42.7 Å². The number of nitrogens with one attached hydrogen (secondary N) is 2. The van der Waals surface area contributed by atoms with Gasteiger partial charge in [0.25, 0.3) is 0 Å². The second kappa shape index (κ2) is 11.2. The molecule has 1 fully saturated rings. The van der Waals surface area contributed by atoms with Crippen molar-refractivity contribution in [3.05, 3.63) is 0 Å². The van der Waals surface area contributed by atoms with Crippen LogP contribution in [0.15, 0.2) is 4.99 Å². The number of nitrogens with zero attached hydrogens (tertiary/aromatic N) is 1. The normalized spacial score (nSPS) is 19.7. The molecule has 1 saturated heterocycles. The Labute approximate surface area is 146 Å². The standard InChI is InChI=1S/C17H35N3O2S/c1-6-22-15(14(2)3)7-10-19-16(18-4)20-13-17(23-5)8-11-21-12-9-17/h14-15H,6-13H2,1-5H3,(H2,18,19,20). The summed E-state index contributed by atoms with van der Waals surface area (Å²) in [6.07, 6.45) is 5.68. The van der Waals surface area contributed by atoms with Gasteiger partial charge in [0.1, 0.15) is 0 Å². The zero-order chi connectivity index (χ0) is 17.1. The summed E-state index contributed by atoms with van der Waals surface area (Å²) >= 11 is 1.94. The first kappa shape index (κ1) is 20.6. The molecule has 1 aliphatic rings. The first-order chi connectivity index (χ1) is 11.1. The number of rotatable bonds is 9. The molecular weight excluding hydrogens is 310 g/mol. The van der Waals surface area contributed by atoms with E-state index in [0.29, 0.717) is 12.0 Å². The summed E-state index contributed by atoms with van der Waals surface area (Å²) in [4.78, 5) is 4.34. The highest BCUT2D eigenvalue weighted by Crippen LogP contribution is 2.32. The number of aliphatic imine (C=N–C) groups is 1. The lowest BCUT2D eigenvalue weighted by Crippen LogP contribution is -2.48. The first-order valence-electron chi connectivity index (χ1n) is 8.76. The maximum absolute atomic E-state index is 5.79. The molecule has 0 radical (unpaired) electrons. The van der Waals surface area contributed by atoms with Crippen LogP contribution < -0.4 is 10.6 Å². The minimum Gasteiger partial charge on any atom is -0.381 e.